The maximum atomic E-state index is 13.3. The molecule has 0 spiro atoms. The Labute approximate surface area is 233 Å². The van der Waals surface area contributed by atoms with Crippen molar-refractivity contribution < 1.29 is 19.4 Å². The fourth-order valence-electron chi connectivity index (χ4n) is 5.38. The molecule has 1 unspecified atom stereocenters. The SMILES string of the molecule is C[C@H](CC(=O)N1CCC(O)(Cn2cnc3c(C#CCOC4CCCCO4)n(C)nc3c2=O)CC1)c1ccccc1. The minimum Gasteiger partial charge on any atom is -0.388 e. The van der Waals surface area contributed by atoms with Crippen molar-refractivity contribution in [1.82, 2.24) is 24.2 Å². The van der Waals surface area contributed by atoms with Crippen LogP contribution in [0, 0.1) is 11.8 Å². The van der Waals surface area contributed by atoms with Crippen LogP contribution in [0.2, 0.25) is 0 Å². The van der Waals surface area contributed by atoms with Crippen molar-refractivity contribution in [3.63, 3.8) is 0 Å². The molecule has 0 saturated carbocycles. The van der Waals surface area contributed by atoms with Crippen LogP contribution in [0.1, 0.15) is 62.6 Å². The zero-order valence-corrected chi connectivity index (χ0v) is 23.2. The molecule has 5 rings (SSSR count). The number of amides is 1. The second-order valence-corrected chi connectivity index (χ2v) is 10.9. The number of carbonyl (C=O) groups excluding carboxylic acids is 1. The maximum absolute atomic E-state index is 13.3. The average molecular weight is 548 g/mol. The largest absolute Gasteiger partial charge is 0.388 e. The van der Waals surface area contributed by atoms with Crippen molar-refractivity contribution in [2.45, 2.75) is 69.8 Å². The molecular weight excluding hydrogens is 510 g/mol. The van der Waals surface area contributed by atoms with Crippen molar-refractivity contribution in [2.75, 3.05) is 26.3 Å². The third-order valence-electron chi connectivity index (χ3n) is 7.86. The van der Waals surface area contributed by atoms with Crippen molar-refractivity contribution in [1.29, 1.82) is 0 Å². The quantitative estimate of drug-likeness (QED) is 0.453. The Kier molecular flexibility index (Phi) is 8.64. The van der Waals surface area contributed by atoms with E-state index in [0.29, 0.717) is 50.2 Å². The number of likely N-dealkylation sites (tertiary alicyclic amines) is 1. The van der Waals surface area contributed by atoms with Gasteiger partial charge in [0.05, 0.1) is 18.5 Å². The third kappa shape index (κ3) is 6.44. The number of carbonyl (C=O) groups is 1. The first-order chi connectivity index (χ1) is 19.3. The number of fused-ring (bicyclic) bond motifs is 1. The lowest BCUT2D eigenvalue weighted by molar-refractivity contribution is -0.154. The highest BCUT2D eigenvalue weighted by atomic mass is 16.7. The summed E-state index contributed by atoms with van der Waals surface area (Å²) in [5, 5.41) is 15.7. The molecule has 10 nitrogen and oxygen atoms in total. The van der Waals surface area contributed by atoms with Crippen LogP contribution < -0.4 is 5.56 Å². The third-order valence-corrected chi connectivity index (χ3v) is 7.86. The molecule has 1 aromatic carbocycles. The first kappa shape index (κ1) is 28.0. The summed E-state index contributed by atoms with van der Waals surface area (Å²) in [5.41, 5.74) is 0.850. The molecule has 40 heavy (non-hydrogen) atoms. The first-order valence-corrected chi connectivity index (χ1v) is 14.0. The van der Waals surface area contributed by atoms with Gasteiger partial charge in [-0.1, -0.05) is 43.2 Å². The van der Waals surface area contributed by atoms with Crippen molar-refractivity contribution in [3.8, 4) is 11.8 Å². The number of rotatable bonds is 7. The zero-order chi connectivity index (χ0) is 28.1. The average Bonchev–Trinajstić information content (AvgIpc) is 3.29. The standard InChI is InChI=1S/C30H37N5O5/c1-22(23-9-4-3-5-10-23)19-25(36)34-15-13-30(38,14-16-34)20-35-21-31-27-24(33(2)32-28(27)29(35)37)11-8-18-40-26-12-6-7-17-39-26/h3-5,9-10,21-22,26,38H,6-7,12-20H2,1-2H3/t22-,26?/m1/s1. The Morgan fingerprint density at radius 3 is 2.73 bits per heavy atom. The number of benzene rings is 1. The summed E-state index contributed by atoms with van der Waals surface area (Å²) in [6.07, 6.45) is 5.42. The molecule has 2 atom stereocenters. The summed E-state index contributed by atoms with van der Waals surface area (Å²) < 4.78 is 14.2. The number of aliphatic hydroxyl groups is 1. The molecule has 212 valence electrons. The summed E-state index contributed by atoms with van der Waals surface area (Å²) in [6.45, 7) is 3.95. The van der Waals surface area contributed by atoms with Crippen molar-refractivity contribution in [3.05, 3.63) is 58.3 Å². The van der Waals surface area contributed by atoms with Crippen LogP contribution in [0.3, 0.4) is 0 Å². The summed E-state index contributed by atoms with van der Waals surface area (Å²) in [6, 6.07) is 10.00. The predicted octanol–water partition coefficient (Wildman–Crippen LogP) is 2.57. The van der Waals surface area contributed by atoms with Gasteiger partial charge in [0.15, 0.2) is 11.8 Å². The molecule has 3 aromatic rings. The molecule has 10 heteroatoms. The maximum Gasteiger partial charge on any atom is 0.281 e. The van der Waals surface area contributed by atoms with Crippen LogP contribution >= 0.6 is 0 Å². The summed E-state index contributed by atoms with van der Waals surface area (Å²) in [7, 11) is 1.72. The lowest BCUT2D eigenvalue weighted by Gasteiger charge is -2.38. The second kappa shape index (κ2) is 12.3. The van der Waals surface area contributed by atoms with E-state index in [-0.39, 0.29) is 42.3 Å². The Morgan fingerprint density at radius 1 is 1.23 bits per heavy atom. The van der Waals surface area contributed by atoms with Crippen LogP contribution in [0.25, 0.3) is 11.0 Å². The summed E-state index contributed by atoms with van der Waals surface area (Å²) >= 11 is 0. The number of aromatic nitrogens is 4. The zero-order valence-electron chi connectivity index (χ0n) is 23.2. The van der Waals surface area contributed by atoms with E-state index in [0.717, 1.165) is 24.8 Å². The molecule has 1 amide bonds. The summed E-state index contributed by atoms with van der Waals surface area (Å²) in [4.78, 5) is 32.4. The number of aryl methyl sites for hydroxylation is 1. The molecule has 0 radical (unpaired) electrons. The highest BCUT2D eigenvalue weighted by molar-refractivity contribution is 5.79. The van der Waals surface area contributed by atoms with Crippen LogP contribution in [-0.4, -0.2) is 73.4 Å². The number of hydrogen-bond acceptors (Lipinski definition) is 7. The number of ether oxygens (including phenoxy) is 2. The smallest absolute Gasteiger partial charge is 0.281 e. The minimum absolute atomic E-state index is 0.0810. The molecule has 4 heterocycles. The Bertz CT molecular complexity index is 1440. The number of nitrogens with zero attached hydrogens (tertiary/aromatic N) is 5. The van der Waals surface area contributed by atoms with Gasteiger partial charge in [0.25, 0.3) is 5.56 Å². The molecular formula is C30H37N5O5. The Hall–Kier alpha value is -3.52. The van der Waals surface area contributed by atoms with Crippen LogP contribution in [0.15, 0.2) is 41.5 Å². The Morgan fingerprint density at radius 2 is 2.00 bits per heavy atom. The van der Waals surface area contributed by atoms with E-state index in [2.05, 4.69) is 28.8 Å². The van der Waals surface area contributed by atoms with Gasteiger partial charge in [0, 0.05) is 33.2 Å². The van der Waals surface area contributed by atoms with Crippen LogP contribution in [0.5, 0.6) is 0 Å². The number of hydrogen-bond donors (Lipinski definition) is 1. The Balaban J connectivity index is 1.20. The van der Waals surface area contributed by atoms with Gasteiger partial charge in [-0.3, -0.25) is 18.8 Å². The molecule has 0 aliphatic carbocycles. The van der Waals surface area contributed by atoms with Gasteiger partial charge in [-0.25, -0.2) is 4.98 Å². The molecule has 2 saturated heterocycles. The van der Waals surface area contributed by atoms with Gasteiger partial charge in [-0.15, -0.1) is 0 Å². The normalized spacial score (nSPS) is 19.7. The van der Waals surface area contributed by atoms with Gasteiger partial charge >= 0.3 is 0 Å². The van der Waals surface area contributed by atoms with Crippen LogP contribution in [0.4, 0.5) is 0 Å². The minimum atomic E-state index is -1.11. The van der Waals surface area contributed by atoms with E-state index < -0.39 is 5.60 Å². The van der Waals surface area contributed by atoms with Crippen molar-refractivity contribution in [2.24, 2.45) is 7.05 Å². The summed E-state index contributed by atoms with van der Waals surface area (Å²) in [5.74, 6) is 6.20. The molecule has 0 bridgehead atoms. The topological polar surface area (TPSA) is 112 Å². The lowest BCUT2D eigenvalue weighted by atomic mass is 9.90. The molecule has 2 fully saturated rings. The molecule has 2 aliphatic rings. The van der Waals surface area contributed by atoms with E-state index in [1.54, 1.807) is 11.7 Å². The van der Waals surface area contributed by atoms with Crippen LogP contribution in [-0.2, 0) is 27.9 Å². The highest BCUT2D eigenvalue weighted by Crippen LogP contribution is 2.26. The fraction of sp³-hybridized carbons (Fsp3) is 0.533. The predicted molar refractivity (Wildman–Crippen MR) is 149 cm³/mol. The highest BCUT2D eigenvalue weighted by Gasteiger charge is 2.35. The number of piperidine rings is 1. The van der Waals surface area contributed by atoms with E-state index in [1.807, 2.05) is 35.2 Å². The van der Waals surface area contributed by atoms with Gasteiger partial charge in [-0.05, 0) is 49.5 Å². The molecule has 2 aromatic heterocycles. The van der Waals surface area contributed by atoms with E-state index in [4.69, 9.17) is 9.47 Å². The van der Waals surface area contributed by atoms with E-state index >= 15 is 0 Å². The second-order valence-electron chi connectivity index (χ2n) is 10.9. The van der Waals surface area contributed by atoms with Crippen molar-refractivity contribution >= 4 is 16.9 Å². The first-order valence-electron chi connectivity index (χ1n) is 14.0. The fourth-order valence-corrected chi connectivity index (χ4v) is 5.38. The monoisotopic (exact) mass is 547 g/mol. The van der Waals surface area contributed by atoms with Gasteiger partial charge in [-0.2, -0.15) is 5.10 Å². The molecule has 1 N–H and O–H groups in total. The van der Waals surface area contributed by atoms with E-state index in [1.165, 1.54) is 10.9 Å². The van der Waals surface area contributed by atoms with E-state index in [9.17, 15) is 14.7 Å². The molecule has 2 aliphatic heterocycles. The van der Waals surface area contributed by atoms with Gasteiger partial charge in [0.2, 0.25) is 5.91 Å². The lowest BCUT2D eigenvalue weighted by Crippen LogP contribution is -2.49. The van der Waals surface area contributed by atoms with Gasteiger partial charge in [0.1, 0.15) is 17.8 Å². The van der Waals surface area contributed by atoms with Gasteiger partial charge < -0.3 is 19.5 Å².